The number of amides is 1. The first kappa shape index (κ1) is 16.4. The summed E-state index contributed by atoms with van der Waals surface area (Å²) in [7, 11) is 0. The fourth-order valence-corrected chi connectivity index (χ4v) is 3.12. The number of hydrogen-bond donors (Lipinski definition) is 1. The second kappa shape index (κ2) is 7.36. The van der Waals surface area contributed by atoms with Crippen molar-refractivity contribution in [3.8, 4) is 0 Å². The summed E-state index contributed by atoms with van der Waals surface area (Å²) in [4.78, 5) is 25.0. The maximum atomic E-state index is 12.4. The van der Waals surface area contributed by atoms with E-state index >= 15 is 0 Å². The van der Waals surface area contributed by atoms with Crippen LogP contribution in [0.5, 0.6) is 0 Å². The van der Waals surface area contributed by atoms with Crippen LogP contribution in [0.3, 0.4) is 0 Å². The van der Waals surface area contributed by atoms with Crippen LogP contribution in [0.2, 0.25) is 0 Å². The van der Waals surface area contributed by atoms with Gasteiger partial charge in [-0.05, 0) is 37.0 Å². The van der Waals surface area contributed by atoms with Crippen LogP contribution in [0.1, 0.15) is 58.1 Å². The van der Waals surface area contributed by atoms with Gasteiger partial charge < -0.3 is 5.32 Å². The van der Waals surface area contributed by atoms with Gasteiger partial charge in [0.25, 0.3) is 5.91 Å². The molecule has 0 saturated carbocycles. The molecule has 0 aliphatic carbocycles. The third-order valence-electron chi connectivity index (χ3n) is 3.39. The number of carbonyl (C=O) groups excluding carboxylic acids is 2. The molecule has 0 aliphatic rings. The van der Waals surface area contributed by atoms with Gasteiger partial charge in [0.15, 0.2) is 5.78 Å². The van der Waals surface area contributed by atoms with E-state index in [1.807, 2.05) is 30.3 Å². The zero-order chi connectivity index (χ0) is 16.1. The van der Waals surface area contributed by atoms with E-state index in [0.29, 0.717) is 15.7 Å². The van der Waals surface area contributed by atoms with Gasteiger partial charge in [-0.2, -0.15) is 0 Å². The Morgan fingerprint density at radius 3 is 2.23 bits per heavy atom. The summed E-state index contributed by atoms with van der Waals surface area (Å²) in [6.07, 6.45) is 0.876. The Morgan fingerprint density at radius 2 is 1.68 bits per heavy atom. The molecule has 4 heteroatoms. The van der Waals surface area contributed by atoms with E-state index in [-0.39, 0.29) is 17.7 Å². The Balaban J connectivity index is 2.15. The third-order valence-corrected chi connectivity index (χ3v) is 4.58. The molecule has 0 radical (unpaired) electrons. The van der Waals surface area contributed by atoms with Gasteiger partial charge in [-0.1, -0.05) is 44.2 Å². The number of benzene rings is 1. The highest BCUT2D eigenvalue weighted by molar-refractivity contribution is 7.15. The molecule has 2 aromatic rings. The Hall–Kier alpha value is -1.94. The number of thiophene rings is 1. The predicted octanol–water partition coefficient (Wildman–Crippen LogP) is 4.47. The SMILES string of the molecule is CC(=O)c1ccc(C(=O)NC(CC(C)C)c2ccccc2)s1. The number of rotatable bonds is 6. The van der Waals surface area contributed by atoms with Crippen LogP contribution < -0.4 is 5.32 Å². The fourth-order valence-electron chi connectivity index (χ4n) is 2.31. The van der Waals surface area contributed by atoms with Crippen LogP contribution >= 0.6 is 11.3 Å². The van der Waals surface area contributed by atoms with Crippen molar-refractivity contribution in [2.75, 3.05) is 0 Å². The number of ketones is 1. The molecule has 0 bridgehead atoms. The molecule has 0 aliphatic heterocycles. The molecule has 1 N–H and O–H groups in total. The van der Waals surface area contributed by atoms with E-state index in [0.717, 1.165) is 12.0 Å². The Kier molecular flexibility index (Phi) is 5.50. The number of hydrogen-bond acceptors (Lipinski definition) is 3. The van der Waals surface area contributed by atoms with Gasteiger partial charge in [0.2, 0.25) is 0 Å². The maximum absolute atomic E-state index is 12.4. The van der Waals surface area contributed by atoms with E-state index in [1.165, 1.54) is 18.3 Å². The first-order chi connectivity index (χ1) is 10.5. The predicted molar refractivity (Wildman–Crippen MR) is 90.4 cm³/mol. The zero-order valence-electron chi connectivity index (χ0n) is 13.1. The lowest BCUT2D eigenvalue weighted by Gasteiger charge is -2.20. The molecule has 1 unspecified atom stereocenters. The molecular formula is C18H21NO2S. The highest BCUT2D eigenvalue weighted by Crippen LogP contribution is 2.23. The molecule has 0 fully saturated rings. The minimum atomic E-state index is -0.119. The van der Waals surface area contributed by atoms with E-state index in [9.17, 15) is 9.59 Å². The lowest BCUT2D eigenvalue weighted by atomic mass is 9.97. The van der Waals surface area contributed by atoms with Crippen molar-refractivity contribution in [2.24, 2.45) is 5.92 Å². The minimum Gasteiger partial charge on any atom is -0.345 e. The molecular weight excluding hydrogens is 294 g/mol. The van der Waals surface area contributed by atoms with E-state index < -0.39 is 0 Å². The average Bonchev–Trinajstić information content (AvgIpc) is 2.97. The summed E-state index contributed by atoms with van der Waals surface area (Å²) in [5, 5.41) is 3.09. The smallest absolute Gasteiger partial charge is 0.261 e. The van der Waals surface area contributed by atoms with E-state index in [2.05, 4.69) is 19.2 Å². The zero-order valence-corrected chi connectivity index (χ0v) is 13.9. The molecule has 0 saturated heterocycles. The van der Waals surface area contributed by atoms with Crippen molar-refractivity contribution in [3.63, 3.8) is 0 Å². The molecule has 1 aromatic carbocycles. The number of nitrogens with one attached hydrogen (secondary N) is 1. The highest BCUT2D eigenvalue weighted by atomic mass is 32.1. The van der Waals surface area contributed by atoms with Gasteiger partial charge >= 0.3 is 0 Å². The van der Waals surface area contributed by atoms with Crippen molar-refractivity contribution < 1.29 is 9.59 Å². The summed E-state index contributed by atoms with van der Waals surface area (Å²) in [6.45, 7) is 5.79. The van der Waals surface area contributed by atoms with Crippen molar-refractivity contribution in [1.29, 1.82) is 0 Å². The van der Waals surface area contributed by atoms with E-state index in [4.69, 9.17) is 0 Å². The molecule has 2 rings (SSSR count). The second-order valence-corrected chi connectivity index (χ2v) is 6.87. The quantitative estimate of drug-likeness (QED) is 0.800. The molecule has 116 valence electrons. The van der Waals surface area contributed by atoms with Crippen LogP contribution in [-0.2, 0) is 0 Å². The van der Waals surface area contributed by atoms with E-state index in [1.54, 1.807) is 12.1 Å². The fraction of sp³-hybridized carbons (Fsp3) is 0.333. The van der Waals surface area contributed by atoms with Crippen LogP contribution in [0.4, 0.5) is 0 Å². The van der Waals surface area contributed by atoms with Crippen LogP contribution in [0.15, 0.2) is 42.5 Å². The summed E-state index contributed by atoms with van der Waals surface area (Å²) in [5.41, 5.74) is 1.10. The molecule has 0 spiro atoms. The van der Waals surface area contributed by atoms with Gasteiger partial charge in [0.05, 0.1) is 15.8 Å². The first-order valence-electron chi connectivity index (χ1n) is 7.44. The largest absolute Gasteiger partial charge is 0.345 e. The Morgan fingerprint density at radius 1 is 1.05 bits per heavy atom. The molecule has 1 heterocycles. The Bertz CT molecular complexity index is 646. The minimum absolute atomic E-state index is 0.00848. The van der Waals surface area contributed by atoms with Crippen molar-refractivity contribution in [1.82, 2.24) is 5.32 Å². The van der Waals surface area contributed by atoms with Crippen LogP contribution in [0.25, 0.3) is 0 Å². The maximum Gasteiger partial charge on any atom is 0.261 e. The molecule has 1 amide bonds. The normalized spacial score (nSPS) is 12.2. The molecule has 1 atom stereocenters. The van der Waals surface area contributed by atoms with Gasteiger partial charge in [0, 0.05) is 0 Å². The molecule has 3 nitrogen and oxygen atoms in total. The van der Waals surface area contributed by atoms with Crippen LogP contribution in [0, 0.1) is 5.92 Å². The summed E-state index contributed by atoms with van der Waals surface area (Å²) in [5.74, 6) is 0.347. The highest BCUT2D eigenvalue weighted by Gasteiger charge is 2.18. The van der Waals surface area contributed by atoms with Crippen molar-refractivity contribution >= 4 is 23.0 Å². The van der Waals surface area contributed by atoms with Crippen molar-refractivity contribution in [3.05, 3.63) is 57.8 Å². The van der Waals surface area contributed by atoms with Gasteiger partial charge in [0.1, 0.15) is 0 Å². The van der Waals surface area contributed by atoms with Gasteiger partial charge in [-0.3, -0.25) is 9.59 Å². The lowest BCUT2D eigenvalue weighted by Crippen LogP contribution is -2.28. The standard InChI is InChI=1S/C18H21NO2S/c1-12(2)11-15(14-7-5-4-6-8-14)19-18(21)17-10-9-16(22-17)13(3)20/h4-10,12,15H,11H2,1-3H3,(H,19,21). The first-order valence-corrected chi connectivity index (χ1v) is 8.25. The van der Waals surface area contributed by atoms with Crippen molar-refractivity contribution in [2.45, 2.75) is 33.2 Å². The topological polar surface area (TPSA) is 46.2 Å². The molecule has 1 aromatic heterocycles. The average molecular weight is 315 g/mol. The monoisotopic (exact) mass is 315 g/mol. The van der Waals surface area contributed by atoms with Crippen LogP contribution in [-0.4, -0.2) is 11.7 Å². The second-order valence-electron chi connectivity index (χ2n) is 5.79. The van der Waals surface area contributed by atoms with Gasteiger partial charge in [-0.25, -0.2) is 0 Å². The lowest BCUT2D eigenvalue weighted by molar-refractivity contribution is 0.0935. The number of carbonyl (C=O) groups is 2. The summed E-state index contributed by atoms with van der Waals surface area (Å²) < 4.78 is 0. The van der Waals surface area contributed by atoms with Gasteiger partial charge in [-0.15, -0.1) is 11.3 Å². The third kappa shape index (κ3) is 4.28. The summed E-state index contributed by atoms with van der Waals surface area (Å²) in [6, 6.07) is 13.4. The number of Topliss-reactive ketones (excluding diaryl/α,β-unsaturated/α-hetero) is 1. The summed E-state index contributed by atoms with van der Waals surface area (Å²) >= 11 is 1.24. The Labute approximate surface area is 135 Å². The molecule has 22 heavy (non-hydrogen) atoms.